The third-order valence-corrected chi connectivity index (χ3v) is 5.27. The van der Waals surface area contributed by atoms with Gasteiger partial charge < -0.3 is 14.7 Å². The van der Waals surface area contributed by atoms with Crippen LogP contribution in [0.4, 0.5) is 5.69 Å². The van der Waals surface area contributed by atoms with Crippen LogP contribution in [0.2, 0.25) is 0 Å². The second kappa shape index (κ2) is 7.52. The molecule has 0 spiro atoms. The van der Waals surface area contributed by atoms with Gasteiger partial charge in [-0.15, -0.1) is 0 Å². The summed E-state index contributed by atoms with van der Waals surface area (Å²) in [5.41, 5.74) is 1.81. The summed E-state index contributed by atoms with van der Waals surface area (Å²) in [5, 5.41) is 21.0. The summed E-state index contributed by atoms with van der Waals surface area (Å²) in [4.78, 5) is 31.9. The summed E-state index contributed by atoms with van der Waals surface area (Å²) in [7, 11) is 6.03. The van der Waals surface area contributed by atoms with Crippen LogP contribution in [-0.4, -0.2) is 71.9 Å². The highest BCUT2D eigenvalue weighted by Crippen LogP contribution is 2.34. The first-order valence-corrected chi connectivity index (χ1v) is 9.93. The summed E-state index contributed by atoms with van der Waals surface area (Å²) >= 11 is 0. The molecule has 0 fully saturated rings. The molecule has 2 amide bonds. The maximum atomic E-state index is 13.2. The number of likely N-dealkylation sites (N-methyl/N-ethyl adjacent to an activating group) is 1. The number of carbonyl (C=O) groups is 2. The molecule has 3 aromatic carbocycles. The minimum absolute atomic E-state index is 0.0130. The second-order valence-electron chi connectivity index (χ2n) is 8.67. The molecule has 0 saturated carbocycles. The van der Waals surface area contributed by atoms with Crippen LogP contribution in [0, 0.1) is 0 Å². The maximum Gasteiger partial charge on any atom is 0.261 e. The number of rotatable bonds is 5. The SMILES string of the molecule is C[N+](C)(C)CCN1C(=O)c2cccc3cc(N=Cc4cc(O)ccc4O)cc(c23)C1=O. The number of phenolic OH excluding ortho intramolecular Hbond substituents is 2. The number of hydrogen-bond acceptors (Lipinski definition) is 5. The van der Waals surface area contributed by atoms with E-state index in [0.29, 0.717) is 45.3 Å². The molecule has 0 aromatic heterocycles. The molecule has 0 saturated heterocycles. The minimum atomic E-state index is -0.334. The van der Waals surface area contributed by atoms with Crippen LogP contribution in [-0.2, 0) is 0 Å². The number of benzene rings is 3. The number of phenols is 2. The Labute approximate surface area is 180 Å². The van der Waals surface area contributed by atoms with Crippen molar-refractivity contribution in [3.05, 3.63) is 65.2 Å². The Bertz CT molecular complexity index is 1240. The van der Waals surface area contributed by atoms with Gasteiger partial charge in [-0.3, -0.25) is 19.5 Å². The van der Waals surface area contributed by atoms with Crippen LogP contribution in [0.1, 0.15) is 26.3 Å². The van der Waals surface area contributed by atoms with E-state index in [0.717, 1.165) is 5.39 Å². The molecule has 158 valence electrons. The standard InChI is InChI=1S/C24H23N3O4/c1-27(2,3)10-9-26-23(30)19-6-4-5-15-11-17(13-20(22(15)19)24(26)31)25-14-16-12-18(28)7-8-21(16)29/h4-8,11-14H,9-10H2,1-3H3,(H-,25,28,29)/p+1. The highest BCUT2D eigenvalue weighted by atomic mass is 16.3. The number of imide groups is 1. The average Bonchev–Trinajstić information content (AvgIpc) is 2.71. The molecule has 1 heterocycles. The molecule has 0 atom stereocenters. The van der Waals surface area contributed by atoms with Crippen molar-refractivity contribution in [2.24, 2.45) is 4.99 Å². The van der Waals surface area contributed by atoms with E-state index in [2.05, 4.69) is 4.99 Å². The molecule has 0 aliphatic carbocycles. The lowest BCUT2D eigenvalue weighted by Crippen LogP contribution is -2.47. The highest BCUT2D eigenvalue weighted by molar-refractivity contribution is 6.26. The third kappa shape index (κ3) is 4.00. The number of amides is 2. The minimum Gasteiger partial charge on any atom is -0.508 e. The van der Waals surface area contributed by atoms with Gasteiger partial charge in [0.2, 0.25) is 0 Å². The zero-order valence-electron chi connectivity index (χ0n) is 17.7. The van der Waals surface area contributed by atoms with Gasteiger partial charge >= 0.3 is 0 Å². The van der Waals surface area contributed by atoms with Gasteiger partial charge in [-0.2, -0.15) is 0 Å². The molecule has 3 aromatic rings. The smallest absolute Gasteiger partial charge is 0.261 e. The summed E-state index contributed by atoms with van der Waals surface area (Å²) in [6, 6.07) is 13.0. The molecule has 0 bridgehead atoms. The lowest BCUT2D eigenvalue weighted by Gasteiger charge is -2.31. The number of quaternary nitrogens is 1. The fourth-order valence-electron chi connectivity index (χ4n) is 3.61. The topological polar surface area (TPSA) is 90.2 Å². The Balaban J connectivity index is 1.77. The van der Waals surface area contributed by atoms with Gasteiger partial charge in [0.1, 0.15) is 11.5 Å². The Morgan fingerprint density at radius 3 is 2.45 bits per heavy atom. The van der Waals surface area contributed by atoms with Crippen molar-refractivity contribution in [1.29, 1.82) is 0 Å². The fourth-order valence-corrected chi connectivity index (χ4v) is 3.61. The monoisotopic (exact) mass is 418 g/mol. The molecule has 0 radical (unpaired) electrons. The lowest BCUT2D eigenvalue weighted by molar-refractivity contribution is -0.869. The van der Waals surface area contributed by atoms with Crippen LogP contribution in [0.25, 0.3) is 10.8 Å². The molecule has 1 aliphatic heterocycles. The van der Waals surface area contributed by atoms with Crippen molar-refractivity contribution in [3.63, 3.8) is 0 Å². The second-order valence-corrected chi connectivity index (χ2v) is 8.67. The Kier molecular flexibility index (Phi) is 4.99. The van der Waals surface area contributed by atoms with Crippen molar-refractivity contribution < 1.29 is 24.3 Å². The van der Waals surface area contributed by atoms with Gasteiger partial charge in [0.25, 0.3) is 11.8 Å². The van der Waals surface area contributed by atoms with Gasteiger partial charge in [0, 0.05) is 22.7 Å². The predicted octanol–water partition coefficient (Wildman–Crippen LogP) is 3.30. The Morgan fingerprint density at radius 2 is 1.71 bits per heavy atom. The third-order valence-electron chi connectivity index (χ3n) is 5.27. The van der Waals surface area contributed by atoms with Crippen molar-refractivity contribution in [3.8, 4) is 11.5 Å². The van der Waals surface area contributed by atoms with E-state index >= 15 is 0 Å². The van der Waals surface area contributed by atoms with E-state index in [1.54, 1.807) is 24.3 Å². The van der Waals surface area contributed by atoms with Gasteiger partial charge in [0.15, 0.2) is 0 Å². The van der Waals surface area contributed by atoms with E-state index in [1.807, 2.05) is 27.2 Å². The van der Waals surface area contributed by atoms with Crippen molar-refractivity contribution >= 4 is 34.5 Å². The Morgan fingerprint density at radius 1 is 0.968 bits per heavy atom. The van der Waals surface area contributed by atoms with Gasteiger partial charge in [-0.1, -0.05) is 12.1 Å². The summed E-state index contributed by atoms with van der Waals surface area (Å²) in [5.74, 6) is -0.616. The van der Waals surface area contributed by atoms with Crippen LogP contribution < -0.4 is 0 Å². The zero-order chi connectivity index (χ0) is 22.3. The van der Waals surface area contributed by atoms with Crippen molar-refractivity contribution in [2.45, 2.75) is 0 Å². The first kappa shape index (κ1) is 20.6. The summed E-state index contributed by atoms with van der Waals surface area (Å²) < 4.78 is 0.631. The van der Waals surface area contributed by atoms with E-state index in [1.165, 1.54) is 29.3 Å². The van der Waals surface area contributed by atoms with E-state index < -0.39 is 0 Å². The van der Waals surface area contributed by atoms with Crippen LogP contribution in [0.5, 0.6) is 11.5 Å². The highest BCUT2D eigenvalue weighted by Gasteiger charge is 2.33. The Hall–Kier alpha value is -3.71. The van der Waals surface area contributed by atoms with Gasteiger partial charge in [-0.25, -0.2) is 0 Å². The van der Waals surface area contributed by atoms with Crippen molar-refractivity contribution in [1.82, 2.24) is 4.90 Å². The van der Waals surface area contributed by atoms with E-state index in [4.69, 9.17) is 0 Å². The number of carbonyl (C=O) groups excluding carboxylic acids is 2. The molecule has 2 N–H and O–H groups in total. The van der Waals surface area contributed by atoms with Gasteiger partial charge in [0.05, 0.1) is 45.5 Å². The number of aliphatic imine (C=N–C) groups is 1. The molecule has 7 nitrogen and oxygen atoms in total. The molecule has 1 aliphatic rings. The number of aromatic hydroxyl groups is 2. The van der Waals surface area contributed by atoms with E-state index in [-0.39, 0.29) is 23.3 Å². The van der Waals surface area contributed by atoms with Crippen LogP contribution in [0.15, 0.2) is 53.5 Å². The number of hydrogen-bond donors (Lipinski definition) is 2. The molecular formula is C24H24N3O4+. The molecule has 7 heteroatoms. The molecule has 0 unspecified atom stereocenters. The molecule has 31 heavy (non-hydrogen) atoms. The first-order valence-electron chi connectivity index (χ1n) is 9.93. The normalized spacial score (nSPS) is 14.1. The molecular weight excluding hydrogens is 394 g/mol. The average molecular weight is 418 g/mol. The quantitative estimate of drug-likeness (QED) is 0.288. The number of nitrogens with zero attached hydrogens (tertiary/aromatic N) is 3. The first-order chi connectivity index (χ1) is 14.6. The predicted molar refractivity (Wildman–Crippen MR) is 119 cm³/mol. The summed E-state index contributed by atoms with van der Waals surface area (Å²) in [6.07, 6.45) is 1.43. The molecule has 4 rings (SSSR count). The van der Waals surface area contributed by atoms with Crippen LogP contribution >= 0.6 is 0 Å². The lowest BCUT2D eigenvalue weighted by atomic mass is 9.93. The van der Waals surface area contributed by atoms with Gasteiger partial charge in [-0.05, 0) is 41.8 Å². The maximum absolute atomic E-state index is 13.2. The van der Waals surface area contributed by atoms with Crippen LogP contribution in [0.3, 0.4) is 0 Å². The fraction of sp³-hybridized carbons (Fsp3) is 0.208. The van der Waals surface area contributed by atoms with Crippen molar-refractivity contribution in [2.75, 3.05) is 34.2 Å². The summed E-state index contributed by atoms with van der Waals surface area (Å²) in [6.45, 7) is 0.957. The largest absolute Gasteiger partial charge is 0.508 e. The zero-order valence-corrected chi connectivity index (χ0v) is 17.7. The van der Waals surface area contributed by atoms with E-state index in [9.17, 15) is 19.8 Å².